The molecule has 1 atom stereocenters. The molecular formula is C15H20ClFO. The summed E-state index contributed by atoms with van der Waals surface area (Å²) in [5.74, 6) is -0.387. The second-order valence-corrected chi connectivity index (χ2v) is 5.76. The predicted molar refractivity (Wildman–Crippen MR) is 72.3 cm³/mol. The smallest absolute Gasteiger partial charge is 0.145 e. The molecule has 0 saturated heterocycles. The predicted octanol–water partition coefficient (Wildman–Crippen LogP) is 4.35. The van der Waals surface area contributed by atoms with Crippen molar-refractivity contribution in [1.29, 1.82) is 0 Å². The molecule has 0 aliphatic heterocycles. The number of halogens is 2. The summed E-state index contributed by atoms with van der Waals surface area (Å²) in [5, 5.41) is 10.6. The lowest BCUT2D eigenvalue weighted by atomic mass is 9.76. The Balaban J connectivity index is 2.15. The van der Waals surface area contributed by atoms with Crippen LogP contribution >= 0.6 is 11.6 Å². The molecule has 0 aromatic heterocycles. The van der Waals surface area contributed by atoms with Gasteiger partial charge in [-0.25, -0.2) is 4.39 Å². The second-order valence-electron chi connectivity index (χ2n) is 5.36. The summed E-state index contributed by atoms with van der Waals surface area (Å²) >= 11 is 5.77. The van der Waals surface area contributed by atoms with Gasteiger partial charge < -0.3 is 5.11 Å². The van der Waals surface area contributed by atoms with Gasteiger partial charge in [-0.2, -0.15) is 0 Å². The number of aliphatic hydroxyl groups excluding tert-OH is 1. The van der Waals surface area contributed by atoms with E-state index in [0.717, 1.165) is 19.3 Å². The first kappa shape index (κ1) is 13.8. The first-order chi connectivity index (χ1) is 8.59. The summed E-state index contributed by atoms with van der Waals surface area (Å²) in [7, 11) is 0. The van der Waals surface area contributed by atoms with Gasteiger partial charge in [0.2, 0.25) is 0 Å². The third-order valence-electron chi connectivity index (χ3n) is 4.46. The molecule has 0 amide bonds. The van der Waals surface area contributed by atoms with Crippen molar-refractivity contribution in [3.63, 3.8) is 0 Å². The van der Waals surface area contributed by atoms with Gasteiger partial charge in [-0.3, -0.25) is 0 Å². The molecule has 3 heteroatoms. The van der Waals surface area contributed by atoms with E-state index < -0.39 is 6.10 Å². The normalized spacial score (nSPS) is 20.0. The van der Waals surface area contributed by atoms with E-state index in [9.17, 15) is 9.50 Å². The Kier molecular flexibility index (Phi) is 4.29. The van der Waals surface area contributed by atoms with E-state index >= 15 is 0 Å². The molecule has 0 heterocycles. The van der Waals surface area contributed by atoms with Crippen LogP contribution in [0.3, 0.4) is 0 Å². The van der Waals surface area contributed by atoms with Gasteiger partial charge in [0.25, 0.3) is 0 Å². The summed E-state index contributed by atoms with van der Waals surface area (Å²) in [6, 6.07) is 4.99. The maximum atomic E-state index is 13.8. The minimum absolute atomic E-state index is 0.0191. The van der Waals surface area contributed by atoms with E-state index in [1.165, 1.54) is 18.9 Å². The van der Waals surface area contributed by atoms with Crippen molar-refractivity contribution in [2.45, 2.75) is 51.6 Å². The summed E-state index contributed by atoms with van der Waals surface area (Å²) in [6.07, 6.45) is 5.28. The minimum Gasteiger partial charge on any atom is -0.392 e. The Morgan fingerprint density at radius 1 is 1.39 bits per heavy atom. The number of hydrogen-bond acceptors (Lipinski definition) is 1. The zero-order valence-electron chi connectivity index (χ0n) is 10.8. The van der Waals surface area contributed by atoms with Crippen LogP contribution in [-0.2, 0) is 6.42 Å². The SMILES string of the molecule is CCC1(C(O)Cc2cccc(Cl)c2F)CCCC1. The number of hydrogen-bond donors (Lipinski definition) is 1. The van der Waals surface area contributed by atoms with Crippen LogP contribution in [-0.4, -0.2) is 11.2 Å². The number of rotatable bonds is 4. The van der Waals surface area contributed by atoms with Gasteiger partial charge in [-0.05, 0) is 36.3 Å². The van der Waals surface area contributed by atoms with E-state index in [2.05, 4.69) is 6.92 Å². The van der Waals surface area contributed by atoms with Gasteiger partial charge in [-0.1, -0.05) is 43.5 Å². The molecular weight excluding hydrogens is 251 g/mol. The molecule has 2 rings (SSSR count). The second kappa shape index (κ2) is 5.58. The topological polar surface area (TPSA) is 20.2 Å². The van der Waals surface area contributed by atoms with Crippen LogP contribution < -0.4 is 0 Å². The summed E-state index contributed by atoms with van der Waals surface area (Å²) < 4.78 is 13.8. The highest BCUT2D eigenvalue weighted by atomic mass is 35.5. The Bertz CT molecular complexity index is 413. The van der Waals surface area contributed by atoms with Crippen LogP contribution in [0.25, 0.3) is 0 Å². The molecule has 18 heavy (non-hydrogen) atoms. The Morgan fingerprint density at radius 3 is 2.67 bits per heavy atom. The average molecular weight is 271 g/mol. The first-order valence-corrected chi connectivity index (χ1v) is 7.08. The zero-order valence-corrected chi connectivity index (χ0v) is 11.5. The largest absolute Gasteiger partial charge is 0.392 e. The van der Waals surface area contributed by atoms with E-state index in [1.54, 1.807) is 12.1 Å². The van der Waals surface area contributed by atoms with Crippen LogP contribution in [0.4, 0.5) is 4.39 Å². The molecule has 1 aliphatic carbocycles. The molecule has 100 valence electrons. The highest BCUT2D eigenvalue weighted by Gasteiger charge is 2.39. The van der Waals surface area contributed by atoms with E-state index in [1.807, 2.05) is 0 Å². The maximum absolute atomic E-state index is 13.8. The molecule has 1 fully saturated rings. The quantitative estimate of drug-likeness (QED) is 0.862. The van der Waals surface area contributed by atoms with Crippen LogP contribution in [0.1, 0.15) is 44.6 Å². The lowest BCUT2D eigenvalue weighted by molar-refractivity contribution is 0.0251. The fourth-order valence-corrected chi connectivity index (χ4v) is 3.33. The van der Waals surface area contributed by atoms with Gasteiger partial charge in [0, 0.05) is 6.42 Å². The summed E-state index contributed by atoms with van der Waals surface area (Å²) in [6.45, 7) is 2.11. The first-order valence-electron chi connectivity index (χ1n) is 6.70. The van der Waals surface area contributed by atoms with Crippen molar-refractivity contribution in [3.8, 4) is 0 Å². The Morgan fingerprint density at radius 2 is 2.06 bits per heavy atom. The number of benzene rings is 1. The van der Waals surface area contributed by atoms with Crippen molar-refractivity contribution in [1.82, 2.24) is 0 Å². The van der Waals surface area contributed by atoms with Gasteiger partial charge in [0.15, 0.2) is 0 Å². The van der Waals surface area contributed by atoms with Gasteiger partial charge >= 0.3 is 0 Å². The molecule has 1 saturated carbocycles. The monoisotopic (exact) mass is 270 g/mol. The third-order valence-corrected chi connectivity index (χ3v) is 4.75. The van der Waals surface area contributed by atoms with Crippen LogP contribution in [0.5, 0.6) is 0 Å². The zero-order chi connectivity index (χ0) is 13.2. The lowest BCUT2D eigenvalue weighted by Crippen LogP contribution is -2.34. The van der Waals surface area contributed by atoms with Crippen molar-refractivity contribution >= 4 is 11.6 Å². The van der Waals surface area contributed by atoms with Crippen molar-refractivity contribution in [2.75, 3.05) is 0 Å². The minimum atomic E-state index is -0.474. The standard InChI is InChI=1S/C15H20ClFO/c1-2-15(8-3-4-9-15)13(18)10-11-6-5-7-12(16)14(11)17/h5-7,13,18H,2-4,8-10H2,1H3. The highest BCUT2D eigenvalue weighted by molar-refractivity contribution is 6.30. The van der Waals surface area contributed by atoms with Gasteiger partial charge in [-0.15, -0.1) is 0 Å². The highest BCUT2D eigenvalue weighted by Crippen LogP contribution is 2.44. The maximum Gasteiger partial charge on any atom is 0.145 e. The van der Waals surface area contributed by atoms with E-state index in [4.69, 9.17) is 11.6 Å². The van der Waals surface area contributed by atoms with Gasteiger partial charge in [0.1, 0.15) is 5.82 Å². The van der Waals surface area contributed by atoms with E-state index in [0.29, 0.717) is 12.0 Å². The van der Waals surface area contributed by atoms with E-state index in [-0.39, 0.29) is 16.3 Å². The molecule has 0 spiro atoms. The van der Waals surface area contributed by atoms with Crippen molar-refractivity contribution < 1.29 is 9.50 Å². The molecule has 1 nitrogen and oxygen atoms in total. The third kappa shape index (κ3) is 2.55. The molecule has 1 aromatic rings. The summed E-state index contributed by atoms with van der Waals surface area (Å²) in [5.41, 5.74) is 0.504. The molecule has 0 radical (unpaired) electrons. The van der Waals surface area contributed by atoms with Crippen molar-refractivity contribution in [2.24, 2.45) is 5.41 Å². The van der Waals surface area contributed by atoms with Crippen LogP contribution in [0.2, 0.25) is 5.02 Å². The molecule has 1 unspecified atom stereocenters. The molecule has 1 N–H and O–H groups in total. The number of aliphatic hydroxyl groups is 1. The van der Waals surface area contributed by atoms with Crippen molar-refractivity contribution in [3.05, 3.63) is 34.6 Å². The lowest BCUT2D eigenvalue weighted by Gasteiger charge is -2.33. The molecule has 1 aromatic carbocycles. The van der Waals surface area contributed by atoms with Crippen LogP contribution in [0.15, 0.2) is 18.2 Å². The average Bonchev–Trinajstić information content (AvgIpc) is 2.85. The molecule has 0 bridgehead atoms. The Hall–Kier alpha value is -0.600. The Labute approximate surface area is 113 Å². The summed E-state index contributed by atoms with van der Waals surface area (Å²) in [4.78, 5) is 0. The van der Waals surface area contributed by atoms with Crippen LogP contribution in [0, 0.1) is 11.2 Å². The fourth-order valence-electron chi connectivity index (χ4n) is 3.13. The van der Waals surface area contributed by atoms with Gasteiger partial charge in [0.05, 0.1) is 11.1 Å². The molecule has 1 aliphatic rings. The fraction of sp³-hybridized carbons (Fsp3) is 0.600.